The van der Waals surface area contributed by atoms with Crippen molar-refractivity contribution in [2.24, 2.45) is 0 Å². The van der Waals surface area contributed by atoms with Gasteiger partial charge in [0.25, 0.3) is 0 Å². The molecule has 0 spiro atoms. The minimum atomic E-state index is -0.625. The molecule has 3 rings (SSSR count). The summed E-state index contributed by atoms with van der Waals surface area (Å²) in [7, 11) is 1.67. The van der Waals surface area contributed by atoms with Gasteiger partial charge in [0, 0.05) is 0 Å². The summed E-state index contributed by atoms with van der Waals surface area (Å²) in [6.07, 6.45) is -0.625. The summed E-state index contributed by atoms with van der Waals surface area (Å²) in [5.74, 6) is 0.853. The average Bonchev–Trinajstić information content (AvgIpc) is 2.95. The lowest BCUT2D eigenvalue weighted by atomic mass is 9.93. The molecule has 1 aliphatic rings. The zero-order chi connectivity index (χ0) is 15.0. The van der Waals surface area contributed by atoms with Crippen LogP contribution in [0.4, 0.5) is 0 Å². The van der Waals surface area contributed by atoms with Crippen LogP contribution in [0.5, 0.6) is 5.75 Å². The van der Waals surface area contributed by atoms with Crippen molar-refractivity contribution < 1.29 is 14.6 Å². The summed E-state index contributed by atoms with van der Waals surface area (Å²) in [6, 6.07) is 10.1. The highest BCUT2D eigenvalue weighted by Crippen LogP contribution is 2.32. The summed E-state index contributed by atoms with van der Waals surface area (Å²) in [5.41, 5.74) is 6.28. The van der Waals surface area contributed by atoms with Gasteiger partial charge in [-0.1, -0.05) is 18.2 Å². The van der Waals surface area contributed by atoms with E-state index in [1.807, 2.05) is 44.2 Å². The lowest BCUT2D eigenvalue weighted by Crippen LogP contribution is -2.04. The van der Waals surface area contributed by atoms with Crippen LogP contribution in [0.2, 0.25) is 0 Å². The molecule has 0 aromatic heterocycles. The lowest BCUT2D eigenvalue weighted by Gasteiger charge is -2.17. The van der Waals surface area contributed by atoms with Gasteiger partial charge in [-0.2, -0.15) is 0 Å². The van der Waals surface area contributed by atoms with Crippen LogP contribution in [0.15, 0.2) is 30.3 Å². The van der Waals surface area contributed by atoms with E-state index in [9.17, 15) is 5.11 Å². The van der Waals surface area contributed by atoms with Crippen molar-refractivity contribution in [3.8, 4) is 5.75 Å². The van der Waals surface area contributed by atoms with Gasteiger partial charge in [0.05, 0.1) is 20.3 Å². The molecule has 21 heavy (non-hydrogen) atoms. The fourth-order valence-corrected chi connectivity index (χ4v) is 2.87. The Kier molecular flexibility index (Phi) is 3.70. The molecule has 0 aliphatic carbocycles. The third-order valence-corrected chi connectivity index (χ3v) is 4.14. The SMILES string of the molecule is COc1cc(C)c(C(O)c2ccc3c(c2)COC3)cc1C. The van der Waals surface area contributed by atoms with Crippen LogP contribution >= 0.6 is 0 Å². The van der Waals surface area contributed by atoms with E-state index in [4.69, 9.17) is 9.47 Å². The quantitative estimate of drug-likeness (QED) is 0.938. The first-order valence-corrected chi connectivity index (χ1v) is 7.13. The number of aliphatic hydroxyl groups is 1. The zero-order valence-corrected chi connectivity index (χ0v) is 12.6. The standard InChI is InChI=1S/C18H20O3/c1-11-7-17(20-3)12(2)6-16(11)18(19)13-4-5-14-9-21-10-15(14)8-13/h4-8,18-19H,9-10H2,1-3H3. The maximum absolute atomic E-state index is 10.7. The lowest BCUT2D eigenvalue weighted by molar-refractivity contribution is 0.134. The number of aryl methyl sites for hydroxylation is 2. The topological polar surface area (TPSA) is 38.7 Å². The molecule has 2 aromatic rings. The number of hydrogen-bond acceptors (Lipinski definition) is 3. The van der Waals surface area contributed by atoms with Crippen LogP contribution in [0.3, 0.4) is 0 Å². The highest BCUT2D eigenvalue weighted by atomic mass is 16.5. The van der Waals surface area contributed by atoms with E-state index in [0.29, 0.717) is 13.2 Å². The van der Waals surface area contributed by atoms with Gasteiger partial charge in [-0.15, -0.1) is 0 Å². The van der Waals surface area contributed by atoms with Crippen LogP contribution in [0, 0.1) is 13.8 Å². The maximum Gasteiger partial charge on any atom is 0.122 e. The van der Waals surface area contributed by atoms with E-state index < -0.39 is 6.10 Å². The number of hydrogen-bond donors (Lipinski definition) is 1. The Morgan fingerprint density at radius 2 is 1.81 bits per heavy atom. The molecule has 0 fully saturated rings. The number of benzene rings is 2. The number of rotatable bonds is 3. The Balaban J connectivity index is 1.98. The molecule has 3 nitrogen and oxygen atoms in total. The first-order chi connectivity index (χ1) is 10.1. The van der Waals surface area contributed by atoms with E-state index in [1.165, 1.54) is 11.1 Å². The molecule has 3 heteroatoms. The van der Waals surface area contributed by atoms with Crippen molar-refractivity contribution in [2.75, 3.05) is 7.11 Å². The number of aliphatic hydroxyl groups excluding tert-OH is 1. The van der Waals surface area contributed by atoms with Gasteiger partial charge in [-0.25, -0.2) is 0 Å². The minimum absolute atomic E-state index is 0.625. The van der Waals surface area contributed by atoms with Gasteiger partial charge in [0.1, 0.15) is 11.9 Å². The Morgan fingerprint density at radius 1 is 1.05 bits per heavy atom. The molecule has 0 amide bonds. The summed E-state index contributed by atoms with van der Waals surface area (Å²) in [6.45, 7) is 5.30. The molecule has 0 saturated heterocycles. The molecule has 1 N–H and O–H groups in total. The zero-order valence-electron chi connectivity index (χ0n) is 12.6. The molecule has 110 valence electrons. The van der Waals surface area contributed by atoms with Crippen LogP contribution in [-0.4, -0.2) is 12.2 Å². The number of ether oxygens (including phenoxy) is 2. The first kappa shape index (κ1) is 14.1. The molecule has 0 radical (unpaired) electrons. The summed E-state index contributed by atoms with van der Waals surface area (Å²) < 4.78 is 10.8. The fraction of sp³-hybridized carbons (Fsp3) is 0.333. The van der Waals surface area contributed by atoms with E-state index in [0.717, 1.165) is 28.0 Å². The predicted octanol–water partition coefficient (Wildman–Crippen LogP) is 3.42. The second kappa shape index (κ2) is 5.51. The molecule has 0 saturated carbocycles. The Bertz CT molecular complexity index is 676. The minimum Gasteiger partial charge on any atom is -0.496 e. The third kappa shape index (κ3) is 2.55. The van der Waals surface area contributed by atoms with Crippen molar-refractivity contribution >= 4 is 0 Å². The van der Waals surface area contributed by atoms with Crippen molar-refractivity contribution in [3.63, 3.8) is 0 Å². The largest absolute Gasteiger partial charge is 0.496 e. The molecule has 1 heterocycles. The van der Waals surface area contributed by atoms with Crippen molar-refractivity contribution in [2.45, 2.75) is 33.2 Å². The second-order valence-corrected chi connectivity index (χ2v) is 5.60. The van der Waals surface area contributed by atoms with Crippen LogP contribution in [0.25, 0.3) is 0 Å². The van der Waals surface area contributed by atoms with Crippen LogP contribution < -0.4 is 4.74 Å². The Hall–Kier alpha value is -1.84. The predicted molar refractivity (Wildman–Crippen MR) is 81.5 cm³/mol. The summed E-state index contributed by atoms with van der Waals surface area (Å²) in [4.78, 5) is 0. The van der Waals surface area contributed by atoms with Crippen molar-refractivity contribution in [3.05, 3.63) is 63.7 Å². The smallest absolute Gasteiger partial charge is 0.122 e. The first-order valence-electron chi connectivity index (χ1n) is 7.13. The molecule has 1 atom stereocenters. The highest BCUT2D eigenvalue weighted by Gasteiger charge is 2.18. The van der Waals surface area contributed by atoms with E-state index in [-0.39, 0.29) is 0 Å². The molecule has 1 aliphatic heterocycles. The normalized spacial score (nSPS) is 14.9. The maximum atomic E-state index is 10.7. The van der Waals surface area contributed by atoms with Crippen molar-refractivity contribution in [1.29, 1.82) is 0 Å². The van der Waals surface area contributed by atoms with Gasteiger partial charge in [-0.05, 0) is 59.4 Å². The van der Waals surface area contributed by atoms with Crippen LogP contribution in [-0.2, 0) is 18.0 Å². The number of fused-ring (bicyclic) bond motifs is 1. The molecule has 2 aromatic carbocycles. The van der Waals surface area contributed by atoms with E-state index in [2.05, 4.69) is 0 Å². The van der Waals surface area contributed by atoms with Gasteiger partial charge >= 0.3 is 0 Å². The van der Waals surface area contributed by atoms with Gasteiger partial charge < -0.3 is 14.6 Å². The van der Waals surface area contributed by atoms with E-state index >= 15 is 0 Å². The molecule has 1 unspecified atom stereocenters. The van der Waals surface area contributed by atoms with Crippen molar-refractivity contribution in [1.82, 2.24) is 0 Å². The molecular weight excluding hydrogens is 264 g/mol. The Labute approximate surface area is 125 Å². The summed E-state index contributed by atoms with van der Waals surface area (Å²) in [5, 5.41) is 10.7. The van der Waals surface area contributed by atoms with Gasteiger partial charge in [0.15, 0.2) is 0 Å². The van der Waals surface area contributed by atoms with Gasteiger partial charge in [-0.3, -0.25) is 0 Å². The molecular formula is C18H20O3. The monoisotopic (exact) mass is 284 g/mol. The highest BCUT2D eigenvalue weighted by molar-refractivity contribution is 5.46. The number of methoxy groups -OCH3 is 1. The third-order valence-electron chi connectivity index (χ3n) is 4.14. The Morgan fingerprint density at radius 3 is 2.57 bits per heavy atom. The van der Waals surface area contributed by atoms with Gasteiger partial charge in [0.2, 0.25) is 0 Å². The molecule has 0 bridgehead atoms. The summed E-state index contributed by atoms with van der Waals surface area (Å²) >= 11 is 0. The van der Waals surface area contributed by atoms with E-state index in [1.54, 1.807) is 7.11 Å². The average molecular weight is 284 g/mol. The fourth-order valence-electron chi connectivity index (χ4n) is 2.87. The second-order valence-electron chi connectivity index (χ2n) is 5.60. The van der Waals surface area contributed by atoms with Crippen LogP contribution in [0.1, 0.15) is 39.5 Å².